The topological polar surface area (TPSA) is 52.0 Å². The van der Waals surface area contributed by atoms with Gasteiger partial charge in [0.25, 0.3) is 0 Å². The van der Waals surface area contributed by atoms with Crippen molar-refractivity contribution in [2.24, 2.45) is 17.3 Å². The summed E-state index contributed by atoms with van der Waals surface area (Å²) in [6, 6.07) is 0. The van der Waals surface area contributed by atoms with E-state index < -0.39 is 0 Å². The molecule has 0 amide bonds. The predicted molar refractivity (Wildman–Crippen MR) is 83.6 cm³/mol. The Hall–Kier alpha value is -0.990. The van der Waals surface area contributed by atoms with Gasteiger partial charge in [-0.2, -0.15) is 0 Å². The van der Waals surface area contributed by atoms with Gasteiger partial charge in [-0.25, -0.2) is 0 Å². The lowest BCUT2D eigenvalue weighted by atomic mass is 9.69. The molecule has 2 N–H and O–H groups in total. The molecule has 2 rings (SSSR count). The van der Waals surface area contributed by atoms with Crippen LogP contribution in [0, 0.1) is 17.3 Å². The highest BCUT2D eigenvalue weighted by molar-refractivity contribution is 5.42. The Morgan fingerprint density at radius 1 is 1.20 bits per heavy atom. The Balaban J connectivity index is 2.07. The quantitative estimate of drug-likeness (QED) is 0.866. The molecule has 0 aliphatic heterocycles. The maximum absolute atomic E-state index is 5.99. The van der Waals surface area contributed by atoms with Gasteiger partial charge in [-0.15, -0.1) is 0 Å². The third-order valence-corrected chi connectivity index (χ3v) is 4.78. The number of nitrogens with two attached hydrogens (primary N) is 1. The first-order valence-corrected chi connectivity index (χ1v) is 8.03. The summed E-state index contributed by atoms with van der Waals surface area (Å²) in [5, 5.41) is 4.02. The van der Waals surface area contributed by atoms with Crippen molar-refractivity contribution in [2.75, 3.05) is 5.73 Å². The standard InChI is InChI=1S/C17H30N2O/c1-11(2)10-14-15(20-19-16(14)18)12-6-8-13(9-7-12)17(3,4)5/h11-13H,6-10H2,1-5H3,(H2,18,19). The molecule has 0 unspecified atom stereocenters. The number of hydrogen-bond acceptors (Lipinski definition) is 3. The van der Waals surface area contributed by atoms with Gasteiger partial charge in [-0.1, -0.05) is 39.8 Å². The van der Waals surface area contributed by atoms with Crippen LogP contribution in [-0.2, 0) is 6.42 Å². The van der Waals surface area contributed by atoms with Gasteiger partial charge in [0.15, 0.2) is 5.82 Å². The van der Waals surface area contributed by atoms with Crippen molar-refractivity contribution in [3.05, 3.63) is 11.3 Å². The molecule has 1 aromatic heterocycles. The molecule has 20 heavy (non-hydrogen) atoms. The van der Waals surface area contributed by atoms with Crippen LogP contribution in [0.1, 0.15) is 77.5 Å². The fourth-order valence-corrected chi connectivity index (χ4v) is 3.49. The zero-order valence-electron chi connectivity index (χ0n) is 13.7. The van der Waals surface area contributed by atoms with Crippen LogP contribution in [0.25, 0.3) is 0 Å². The third kappa shape index (κ3) is 3.36. The molecule has 0 atom stereocenters. The van der Waals surface area contributed by atoms with Crippen LogP contribution in [0.3, 0.4) is 0 Å². The Bertz CT molecular complexity index is 434. The largest absolute Gasteiger partial charge is 0.381 e. The van der Waals surface area contributed by atoms with E-state index in [1.165, 1.54) is 31.2 Å². The normalized spacial score (nSPS) is 24.3. The van der Waals surface area contributed by atoms with Gasteiger partial charge in [0.05, 0.1) is 0 Å². The SMILES string of the molecule is CC(C)Cc1c(N)noc1C1CCC(C(C)(C)C)CC1. The van der Waals surface area contributed by atoms with Crippen molar-refractivity contribution >= 4 is 5.82 Å². The monoisotopic (exact) mass is 278 g/mol. The Kier molecular flexibility index (Phi) is 4.46. The van der Waals surface area contributed by atoms with E-state index in [1.54, 1.807) is 0 Å². The second kappa shape index (κ2) is 5.79. The first-order chi connectivity index (χ1) is 9.29. The number of anilines is 1. The first kappa shape index (κ1) is 15.4. The summed E-state index contributed by atoms with van der Waals surface area (Å²) < 4.78 is 5.58. The molecule has 1 fully saturated rings. The second-order valence-electron chi connectivity index (χ2n) is 7.92. The van der Waals surface area contributed by atoms with Gasteiger partial charge in [0.2, 0.25) is 0 Å². The molecule has 1 aliphatic carbocycles. The highest BCUT2D eigenvalue weighted by Gasteiger charge is 2.33. The molecule has 1 heterocycles. The van der Waals surface area contributed by atoms with E-state index in [2.05, 4.69) is 39.8 Å². The highest BCUT2D eigenvalue weighted by atomic mass is 16.5. The minimum absolute atomic E-state index is 0.423. The Morgan fingerprint density at radius 2 is 1.80 bits per heavy atom. The van der Waals surface area contributed by atoms with E-state index in [-0.39, 0.29) is 0 Å². The van der Waals surface area contributed by atoms with Gasteiger partial charge < -0.3 is 10.3 Å². The molecule has 1 aliphatic rings. The van der Waals surface area contributed by atoms with Gasteiger partial charge in [-0.05, 0) is 49.4 Å². The van der Waals surface area contributed by atoms with Crippen LogP contribution in [0.2, 0.25) is 0 Å². The zero-order chi connectivity index (χ0) is 14.9. The maximum Gasteiger partial charge on any atom is 0.170 e. The zero-order valence-corrected chi connectivity index (χ0v) is 13.7. The van der Waals surface area contributed by atoms with Crippen LogP contribution < -0.4 is 5.73 Å². The van der Waals surface area contributed by atoms with Crippen LogP contribution in [0.4, 0.5) is 5.82 Å². The fraction of sp³-hybridized carbons (Fsp3) is 0.824. The summed E-state index contributed by atoms with van der Waals surface area (Å²) in [5.74, 6) is 3.61. The smallest absolute Gasteiger partial charge is 0.170 e. The molecular weight excluding hydrogens is 248 g/mol. The molecule has 114 valence electrons. The van der Waals surface area contributed by atoms with Gasteiger partial charge in [0.1, 0.15) is 5.76 Å². The number of nitrogens with zero attached hydrogens (tertiary/aromatic N) is 1. The molecule has 3 heteroatoms. The number of rotatable bonds is 3. The molecule has 0 radical (unpaired) electrons. The van der Waals surface area contributed by atoms with E-state index in [4.69, 9.17) is 10.3 Å². The molecule has 0 saturated heterocycles. The second-order valence-corrected chi connectivity index (χ2v) is 7.92. The molecule has 1 saturated carbocycles. The minimum Gasteiger partial charge on any atom is -0.381 e. The van der Waals surface area contributed by atoms with E-state index in [1.807, 2.05) is 0 Å². The van der Waals surface area contributed by atoms with Crippen molar-refractivity contribution in [2.45, 2.75) is 72.6 Å². The van der Waals surface area contributed by atoms with Crippen LogP contribution in [0.5, 0.6) is 0 Å². The van der Waals surface area contributed by atoms with Gasteiger partial charge in [-0.3, -0.25) is 0 Å². The Morgan fingerprint density at radius 3 is 2.30 bits per heavy atom. The predicted octanol–water partition coefficient (Wildman–Crippen LogP) is 4.78. The van der Waals surface area contributed by atoms with Crippen molar-refractivity contribution in [3.8, 4) is 0 Å². The van der Waals surface area contributed by atoms with Crippen LogP contribution in [-0.4, -0.2) is 5.16 Å². The van der Waals surface area contributed by atoms with Gasteiger partial charge in [0, 0.05) is 11.5 Å². The summed E-state index contributed by atoms with van der Waals surface area (Å²) in [4.78, 5) is 0. The lowest BCUT2D eigenvalue weighted by Crippen LogP contribution is -2.25. The van der Waals surface area contributed by atoms with E-state index in [0.717, 1.165) is 18.1 Å². The number of hydrogen-bond donors (Lipinski definition) is 1. The number of aromatic nitrogens is 1. The minimum atomic E-state index is 0.423. The highest BCUT2D eigenvalue weighted by Crippen LogP contribution is 2.44. The third-order valence-electron chi connectivity index (χ3n) is 4.78. The first-order valence-electron chi connectivity index (χ1n) is 8.03. The van der Waals surface area contributed by atoms with Crippen molar-refractivity contribution in [1.29, 1.82) is 0 Å². The van der Waals surface area contributed by atoms with Crippen molar-refractivity contribution < 1.29 is 4.52 Å². The van der Waals surface area contributed by atoms with Crippen LogP contribution >= 0.6 is 0 Å². The summed E-state index contributed by atoms with van der Waals surface area (Å²) in [5.41, 5.74) is 7.58. The Labute approximate surface area is 123 Å². The van der Waals surface area contributed by atoms with E-state index >= 15 is 0 Å². The molecule has 3 nitrogen and oxygen atoms in total. The average molecular weight is 278 g/mol. The summed E-state index contributed by atoms with van der Waals surface area (Å²) in [6.45, 7) is 11.5. The lowest BCUT2D eigenvalue weighted by molar-refractivity contribution is 0.160. The number of nitrogen functional groups attached to an aromatic ring is 1. The molecule has 0 aromatic carbocycles. The summed E-state index contributed by atoms with van der Waals surface area (Å²) in [7, 11) is 0. The maximum atomic E-state index is 5.99. The lowest BCUT2D eigenvalue weighted by Gasteiger charge is -2.36. The summed E-state index contributed by atoms with van der Waals surface area (Å²) >= 11 is 0. The summed E-state index contributed by atoms with van der Waals surface area (Å²) in [6.07, 6.45) is 5.97. The van der Waals surface area contributed by atoms with E-state index in [0.29, 0.717) is 23.1 Å². The molecular formula is C17H30N2O. The van der Waals surface area contributed by atoms with Crippen LogP contribution in [0.15, 0.2) is 4.52 Å². The van der Waals surface area contributed by atoms with E-state index in [9.17, 15) is 0 Å². The molecule has 0 spiro atoms. The fourth-order valence-electron chi connectivity index (χ4n) is 3.49. The van der Waals surface area contributed by atoms with Crippen molar-refractivity contribution in [1.82, 2.24) is 5.16 Å². The molecule has 1 aromatic rings. The molecule has 0 bridgehead atoms. The van der Waals surface area contributed by atoms with Gasteiger partial charge >= 0.3 is 0 Å². The average Bonchev–Trinajstić information content (AvgIpc) is 2.70. The van der Waals surface area contributed by atoms with Crippen molar-refractivity contribution in [3.63, 3.8) is 0 Å².